The molecule has 1 aromatic carbocycles. The van der Waals surface area contributed by atoms with Crippen LogP contribution in [0.1, 0.15) is 29.6 Å². The molecule has 2 amide bonds. The third-order valence-electron chi connectivity index (χ3n) is 3.47. The Labute approximate surface area is 120 Å². The van der Waals surface area contributed by atoms with E-state index in [9.17, 15) is 18.4 Å². The molecule has 21 heavy (non-hydrogen) atoms. The second-order valence-electron chi connectivity index (χ2n) is 5.14. The van der Waals surface area contributed by atoms with Crippen molar-refractivity contribution in [2.24, 2.45) is 11.7 Å². The first-order chi connectivity index (χ1) is 9.97. The van der Waals surface area contributed by atoms with Crippen LogP contribution in [0.5, 0.6) is 0 Å². The Morgan fingerprint density at radius 1 is 1.33 bits per heavy atom. The number of piperidine rings is 1. The summed E-state index contributed by atoms with van der Waals surface area (Å²) in [7, 11) is 0. The number of hydrogen-bond donors (Lipinski definition) is 3. The fourth-order valence-corrected chi connectivity index (χ4v) is 2.40. The van der Waals surface area contributed by atoms with E-state index in [1.165, 1.54) is 0 Å². The molecule has 1 unspecified atom stereocenters. The highest BCUT2D eigenvalue weighted by molar-refractivity contribution is 5.96. The van der Waals surface area contributed by atoms with Gasteiger partial charge in [-0.15, -0.1) is 0 Å². The van der Waals surface area contributed by atoms with Crippen molar-refractivity contribution in [2.45, 2.75) is 19.3 Å². The van der Waals surface area contributed by atoms with Gasteiger partial charge in [0.2, 0.25) is 5.91 Å². The van der Waals surface area contributed by atoms with Crippen LogP contribution in [0.15, 0.2) is 12.1 Å². The van der Waals surface area contributed by atoms with E-state index in [2.05, 4.69) is 10.6 Å². The zero-order valence-electron chi connectivity index (χ0n) is 11.4. The minimum atomic E-state index is -1.05. The van der Waals surface area contributed by atoms with Crippen LogP contribution in [0, 0.1) is 17.6 Å². The summed E-state index contributed by atoms with van der Waals surface area (Å²) >= 11 is 0. The molecule has 5 nitrogen and oxygen atoms in total. The van der Waals surface area contributed by atoms with E-state index >= 15 is 0 Å². The Morgan fingerprint density at radius 3 is 2.71 bits per heavy atom. The van der Waals surface area contributed by atoms with E-state index in [-0.39, 0.29) is 23.9 Å². The summed E-state index contributed by atoms with van der Waals surface area (Å²) in [6.45, 7) is 1.68. The number of carbonyl (C=O) groups is 2. The van der Waals surface area contributed by atoms with Crippen LogP contribution in [0.4, 0.5) is 14.5 Å². The average Bonchev–Trinajstić information content (AvgIpc) is 2.42. The summed E-state index contributed by atoms with van der Waals surface area (Å²) in [6.07, 6.45) is 2.17. The maximum Gasteiger partial charge on any atom is 0.251 e. The van der Waals surface area contributed by atoms with Crippen LogP contribution in [0.3, 0.4) is 0 Å². The van der Waals surface area contributed by atoms with Crippen molar-refractivity contribution in [2.75, 3.05) is 18.4 Å². The van der Waals surface area contributed by atoms with Crippen LogP contribution >= 0.6 is 0 Å². The van der Waals surface area contributed by atoms with E-state index in [1.54, 1.807) is 0 Å². The number of halogens is 2. The summed E-state index contributed by atoms with van der Waals surface area (Å²) in [5.41, 5.74) is 4.30. The highest BCUT2D eigenvalue weighted by Gasteiger charge is 2.19. The molecule has 0 spiro atoms. The number of amides is 2. The van der Waals surface area contributed by atoms with Gasteiger partial charge >= 0.3 is 0 Å². The molecule has 4 N–H and O–H groups in total. The summed E-state index contributed by atoms with van der Waals surface area (Å²) in [5, 5.41) is 5.55. The SMILES string of the molecule is NC(=O)c1cc(NC(=O)CC2CCCNC2)c(F)cc1F. The topological polar surface area (TPSA) is 84.2 Å². The minimum absolute atomic E-state index is 0.192. The van der Waals surface area contributed by atoms with E-state index in [4.69, 9.17) is 5.73 Å². The standard InChI is InChI=1S/C14H17F2N3O2/c15-10-6-11(16)12(5-9(10)14(17)21)19-13(20)4-8-2-1-3-18-7-8/h5-6,8,18H,1-4,7H2,(H2,17,21)(H,19,20). The largest absolute Gasteiger partial charge is 0.366 e. The molecule has 1 saturated heterocycles. The summed E-state index contributed by atoms with van der Waals surface area (Å²) in [4.78, 5) is 22.9. The van der Waals surface area contributed by atoms with Crippen molar-refractivity contribution in [3.8, 4) is 0 Å². The maximum absolute atomic E-state index is 13.6. The molecule has 1 heterocycles. The van der Waals surface area contributed by atoms with Crippen LogP contribution in [-0.2, 0) is 4.79 Å². The van der Waals surface area contributed by atoms with E-state index < -0.39 is 23.1 Å². The molecule has 0 saturated carbocycles. The number of nitrogens with one attached hydrogen (secondary N) is 2. The lowest BCUT2D eigenvalue weighted by molar-refractivity contribution is -0.117. The number of rotatable bonds is 4. The molecular formula is C14H17F2N3O2. The predicted octanol–water partition coefficient (Wildman–Crippen LogP) is 1.39. The first-order valence-corrected chi connectivity index (χ1v) is 6.76. The number of benzene rings is 1. The normalized spacial score (nSPS) is 18.3. The Hall–Kier alpha value is -2.02. The van der Waals surface area contributed by atoms with E-state index in [0.29, 0.717) is 6.07 Å². The summed E-state index contributed by atoms with van der Waals surface area (Å²) in [6, 6.07) is 1.46. The molecule has 1 aliphatic rings. The molecule has 1 fully saturated rings. The average molecular weight is 297 g/mol. The highest BCUT2D eigenvalue weighted by Crippen LogP contribution is 2.21. The maximum atomic E-state index is 13.6. The zero-order chi connectivity index (χ0) is 15.4. The monoisotopic (exact) mass is 297 g/mol. The predicted molar refractivity (Wildman–Crippen MR) is 73.7 cm³/mol. The molecule has 1 atom stereocenters. The smallest absolute Gasteiger partial charge is 0.251 e. The van der Waals surface area contributed by atoms with Gasteiger partial charge in [0.15, 0.2) is 0 Å². The van der Waals surface area contributed by atoms with Gasteiger partial charge in [-0.05, 0) is 37.9 Å². The van der Waals surface area contributed by atoms with Crippen molar-refractivity contribution in [3.05, 3.63) is 29.3 Å². The van der Waals surface area contributed by atoms with E-state index in [0.717, 1.165) is 32.0 Å². The molecule has 114 valence electrons. The number of nitrogens with two attached hydrogens (primary N) is 1. The van der Waals surface area contributed by atoms with Crippen LogP contribution < -0.4 is 16.4 Å². The van der Waals surface area contributed by atoms with Gasteiger partial charge in [0.25, 0.3) is 5.91 Å². The summed E-state index contributed by atoms with van der Waals surface area (Å²) < 4.78 is 26.9. The van der Waals surface area contributed by atoms with Crippen molar-refractivity contribution >= 4 is 17.5 Å². The zero-order valence-corrected chi connectivity index (χ0v) is 11.4. The van der Waals surface area contributed by atoms with Gasteiger partial charge in [0.05, 0.1) is 11.3 Å². The van der Waals surface area contributed by atoms with Crippen LogP contribution in [0.25, 0.3) is 0 Å². The first-order valence-electron chi connectivity index (χ1n) is 6.76. The van der Waals surface area contributed by atoms with Gasteiger partial charge in [0, 0.05) is 12.5 Å². The van der Waals surface area contributed by atoms with Gasteiger partial charge in [0.1, 0.15) is 11.6 Å². The second-order valence-corrected chi connectivity index (χ2v) is 5.14. The molecule has 2 rings (SSSR count). The van der Waals surface area contributed by atoms with Crippen LogP contribution in [-0.4, -0.2) is 24.9 Å². The Bertz CT molecular complexity index is 557. The third-order valence-corrected chi connectivity index (χ3v) is 3.47. The fraction of sp³-hybridized carbons (Fsp3) is 0.429. The number of hydrogen-bond acceptors (Lipinski definition) is 3. The number of primary amides is 1. The van der Waals surface area contributed by atoms with Gasteiger partial charge in [-0.3, -0.25) is 9.59 Å². The highest BCUT2D eigenvalue weighted by atomic mass is 19.1. The molecule has 1 aromatic rings. The van der Waals surface area contributed by atoms with Crippen molar-refractivity contribution in [1.82, 2.24) is 5.32 Å². The Balaban J connectivity index is 2.06. The molecule has 0 bridgehead atoms. The van der Waals surface area contributed by atoms with Crippen molar-refractivity contribution in [3.63, 3.8) is 0 Å². The van der Waals surface area contributed by atoms with Crippen molar-refractivity contribution < 1.29 is 18.4 Å². The lowest BCUT2D eigenvalue weighted by Crippen LogP contribution is -2.32. The molecule has 0 radical (unpaired) electrons. The second kappa shape index (κ2) is 6.62. The van der Waals surface area contributed by atoms with E-state index in [1.807, 2.05) is 0 Å². The minimum Gasteiger partial charge on any atom is -0.366 e. The van der Waals surface area contributed by atoms with Gasteiger partial charge in [-0.25, -0.2) is 8.78 Å². The quantitative estimate of drug-likeness (QED) is 0.785. The van der Waals surface area contributed by atoms with Gasteiger partial charge < -0.3 is 16.4 Å². The third kappa shape index (κ3) is 3.98. The van der Waals surface area contributed by atoms with Gasteiger partial charge in [-0.2, -0.15) is 0 Å². The Kier molecular flexibility index (Phi) is 4.85. The molecular weight excluding hydrogens is 280 g/mol. The number of carbonyl (C=O) groups excluding carboxylic acids is 2. The molecule has 0 aromatic heterocycles. The van der Waals surface area contributed by atoms with Crippen molar-refractivity contribution in [1.29, 1.82) is 0 Å². The lowest BCUT2D eigenvalue weighted by atomic mass is 9.96. The first kappa shape index (κ1) is 15.4. The number of anilines is 1. The molecule has 7 heteroatoms. The van der Waals surface area contributed by atoms with Crippen LogP contribution in [0.2, 0.25) is 0 Å². The molecule has 0 aliphatic carbocycles. The lowest BCUT2D eigenvalue weighted by Gasteiger charge is -2.22. The fourth-order valence-electron chi connectivity index (χ4n) is 2.40. The molecule has 1 aliphatic heterocycles. The van der Waals surface area contributed by atoms with Gasteiger partial charge in [-0.1, -0.05) is 0 Å². The Morgan fingerprint density at radius 2 is 2.10 bits per heavy atom. The summed E-state index contributed by atoms with van der Waals surface area (Å²) in [5.74, 6) is -3.18.